The lowest BCUT2D eigenvalue weighted by Crippen LogP contribution is -2.29. The highest BCUT2D eigenvalue weighted by Crippen LogP contribution is 2.57. The minimum absolute atomic E-state index is 0.0506. The molecule has 0 N–H and O–H groups in total. The molecule has 6 aromatic rings. The number of aryl methyl sites for hydroxylation is 1. The van der Waals surface area contributed by atoms with Gasteiger partial charge in [0, 0.05) is 22.9 Å². The van der Waals surface area contributed by atoms with Crippen molar-refractivity contribution in [2.24, 2.45) is 0 Å². The maximum Gasteiger partial charge on any atom is 0.336 e. The molecule has 2 aromatic heterocycles. The van der Waals surface area contributed by atoms with Crippen molar-refractivity contribution < 1.29 is 8.83 Å². The van der Waals surface area contributed by atoms with Crippen molar-refractivity contribution in [2.75, 3.05) is 0 Å². The first kappa shape index (κ1) is 24.3. The molecule has 7 rings (SSSR count). The van der Waals surface area contributed by atoms with E-state index >= 15 is 0 Å². The second-order valence-corrected chi connectivity index (χ2v) is 11.8. The van der Waals surface area contributed by atoms with Crippen molar-refractivity contribution in [1.82, 2.24) is 0 Å². The first-order chi connectivity index (χ1) is 19.1. The van der Waals surface area contributed by atoms with Crippen molar-refractivity contribution in [1.29, 1.82) is 0 Å². The third-order valence-corrected chi connectivity index (χ3v) is 8.26. The summed E-state index contributed by atoms with van der Waals surface area (Å²) in [6.07, 6.45) is 0. The maximum absolute atomic E-state index is 12.0. The fourth-order valence-corrected chi connectivity index (χ4v) is 6.30. The molecule has 4 nitrogen and oxygen atoms in total. The van der Waals surface area contributed by atoms with Crippen LogP contribution in [0.1, 0.15) is 54.2 Å². The van der Waals surface area contributed by atoms with Crippen molar-refractivity contribution in [3.63, 3.8) is 0 Å². The Morgan fingerprint density at radius 2 is 1.10 bits per heavy atom. The third-order valence-electron chi connectivity index (χ3n) is 8.26. The zero-order valence-electron chi connectivity index (χ0n) is 22.9. The van der Waals surface area contributed by atoms with E-state index in [1.165, 1.54) is 45.5 Å². The van der Waals surface area contributed by atoms with Crippen LogP contribution < -0.4 is 11.3 Å². The predicted octanol–water partition coefficient (Wildman–Crippen LogP) is 7.87. The van der Waals surface area contributed by atoms with Crippen LogP contribution in [-0.4, -0.2) is 0 Å². The predicted molar refractivity (Wildman–Crippen MR) is 159 cm³/mol. The Hall–Kier alpha value is -4.70. The number of hydrogen-bond donors (Lipinski definition) is 0. The second kappa shape index (κ2) is 8.40. The van der Waals surface area contributed by atoms with Crippen LogP contribution in [0.4, 0.5) is 0 Å². The van der Waals surface area contributed by atoms with Crippen LogP contribution in [0.2, 0.25) is 0 Å². The summed E-state index contributed by atoms with van der Waals surface area (Å²) in [4.78, 5) is 23.9. The highest BCUT2D eigenvalue weighted by Gasteiger charge is 2.47. The molecular formula is C36H28O4. The normalized spacial score (nSPS) is 13.9. The number of rotatable bonds is 2. The van der Waals surface area contributed by atoms with Gasteiger partial charge in [-0.1, -0.05) is 74.9 Å². The van der Waals surface area contributed by atoms with E-state index in [-0.39, 0.29) is 16.7 Å². The smallest absolute Gasteiger partial charge is 0.336 e. The van der Waals surface area contributed by atoms with Crippen molar-refractivity contribution >= 4 is 21.9 Å². The summed E-state index contributed by atoms with van der Waals surface area (Å²) >= 11 is 0. The first-order valence-electron chi connectivity index (χ1n) is 13.5. The molecule has 0 atom stereocenters. The van der Waals surface area contributed by atoms with Crippen LogP contribution in [0.5, 0.6) is 0 Å². The highest BCUT2D eigenvalue weighted by atomic mass is 16.4. The summed E-state index contributed by atoms with van der Waals surface area (Å²) in [7, 11) is 0. The van der Waals surface area contributed by atoms with Crippen LogP contribution in [0.3, 0.4) is 0 Å². The lowest BCUT2D eigenvalue weighted by molar-refractivity contribution is 0.560. The van der Waals surface area contributed by atoms with Crippen molar-refractivity contribution in [3.8, 4) is 11.1 Å². The quantitative estimate of drug-likeness (QED) is 0.216. The zero-order chi connectivity index (χ0) is 27.8. The molecule has 0 saturated carbocycles. The van der Waals surface area contributed by atoms with Gasteiger partial charge >= 0.3 is 11.3 Å². The van der Waals surface area contributed by atoms with Gasteiger partial charge in [-0.15, -0.1) is 0 Å². The van der Waals surface area contributed by atoms with Crippen LogP contribution in [0.15, 0.2) is 115 Å². The van der Waals surface area contributed by atoms with Crippen LogP contribution in [0, 0.1) is 6.92 Å². The number of fused-ring (bicyclic) bond motifs is 5. The van der Waals surface area contributed by atoms with Gasteiger partial charge in [-0.2, -0.15) is 0 Å². The molecule has 40 heavy (non-hydrogen) atoms. The van der Waals surface area contributed by atoms with Gasteiger partial charge < -0.3 is 8.83 Å². The Kier molecular flexibility index (Phi) is 5.11. The molecule has 0 fully saturated rings. The summed E-state index contributed by atoms with van der Waals surface area (Å²) in [6.45, 7) is 8.83. The molecule has 0 saturated heterocycles. The van der Waals surface area contributed by atoms with E-state index in [1.54, 1.807) is 0 Å². The van der Waals surface area contributed by atoms with Gasteiger partial charge in [-0.3, -0.25) is 0 Å². The topological polar surface area (TPSA) is 60.4 Å². The molecule has 0 amide bonds. The Labute approximate surface area is 231 Å². The van der Waals surface area contributed by atoms with Gasteiger partial charge in [0.25, 0.3) is 0 Å². The van der Waals surface area contributed by atoms with E-state index in [2.05, 4.69) is 88.4 Å². The van der Waals surface area contributed by atoms with E-state index in [4.69, 9.17) is 8.83 Å². The fraction of sp³-hybridized carbons (Fsp3) is 0.167. The Morgan fingerprint density at radius 3 is 1.65 bits per heavy atom. The molecule has 0 spiro atoms. The lowest BCUT2D eigenvalue weighted by Gasteiger charge is -2.35. The largest absolute Gasteiger partial charge is 0.423 e. The van der Waals surface area contributed by atoms with Gasteiger partial charge in [0.05, 0.1) is 5.41 Å². The van der Waals surface area contributed by atoms with E-state index < -0.39 is 5.41 Å². The van der Waals surface area contributed by atoms with Crippen LogP contribution in [0.25, 0.3) is 33.1 Å². The SMILES string of the molecule is Cc1ccc2c(c1)C(c1ccc3oc(=O)ccc3c1)(c1ccc3oc(=O)ccc3c1)c1cc(C(C)(C)C)ccc1-2. The highest BCUT2D eigenvalue weighted by molar-refractivity contribution is 5.90. The van der Waals surface area contributed by atoms with Gasteiger partial charge in [0.2, 0.25) is 0 Å². The second-order valence-electron chi connectivity index (χ2n) is 11.8. The minimum Gasteiger partial charge on any atom is -0.423 e. The summed E-state index contributed by atoms with van der Waals surface area (Å²) in [5.41, 5.74) is 9.02. The van der Waals surface area contributed by atoms with E-state index in [9.17, 15) is 9.59 Å². The molecule has 0 radical (unpaired) electrons. The minimum atomic E-state index is -0.660. The molecule has 0 unspecified atom stereocenters. The average molecular weight is 525 g/mol. The first-order valence-corrected chi connectivity index (χ1v) is 13.5. The van der Waals surface area contributed by atoms with Gasteiger partial charge in [-0.05, 0) is 87.7 Å². The monoisotopic (exact) mass is 524 g/mol. The standard InChI is InChI=1S/C36H28O4/c1-21-5-11-27-28-12-8-24(35(2,3)4)20-30(28)36(29(27)17-21,25-9-13-31-22(18-25)6-15-33(37)39-31)26-10-14-32-23(19-26)7-16-34(38)40-32/h5-20H,1-4H3. The molecule has 4 aromatic carbocycles. The third kappa shape index (κ3) is 3.52. The van der Waals surface area contributed by atoms with Crippen molar-refractivity contribution in [2.45, 2.75) is 38.5 Å². The maximum atomic E-state index is 12.0. The van der Waals surface area contributed by atoms with E-state index in [0.29, 0.717) is 11.2 Å². The summed E-state index contributed by atoms with van der Waals surface area (Å²) in [5.74, 6) is 0. The summed E-state index contributed by atoms with van der Waals surface area (Å²) in [5, 5.41) is 1.72. The molecule has 2 heterocycles. The Morgan fingerprint density at radius 1 is 0.575 bits per heavy atom. The van der Waals surface area contributed by atoms with E-state index in [0.717, 1.165) is 21.9 Å². The van der Waals surface area contributed by atoms with Crippen molar-refractivity contribution in [3.05, 3.63) is 151 Å². The Bertz CT molecular complexity index is 2010. The summed E-state index contributed by atoms with van der Waals surface area (Å²) in [6, 6.07) is 32.3. The van der Waals surface area contributed by atoms with Gasteiger partial charge in [0.1, 0.15) is 11.2 Å². The zero-order valence-corrected chi connectivity index (χ0v) is 22.9. The summed E-state index contributed by atoms with van der Waals surface area (Å²) < 4.78 is 11.0. The average Bonchev–Trinajstić information content (AvgIpc) is 3.21. The molecular weight excluding hydrogens is 496 g/mol. The van der Waals surface area contributed by atoms with Gasteiger partial charge in [-0.25, -0.2) is 9.59 Å². The number of benzene rings is 4. The molecule has 1 aliphatic rings. The Balaban J connectivity index is 1.66. The molecule has 4 heteroatoms. The van der Waals surface area contributed by atoms with Gasteiger partial charge in [0.15, 0.2) is 0 Å². The lowest BCUT2D eigenvalue weighted by atomic mass is 9.66. The van der Waals surface area contributed by atoms with Crippen LogP contribution >= 0.6 is 0 Å². The molecule has 1 aliphatic carbocycles. The molecule has 196 valence electrons. The van der Waals surface area contributed by atoms with E-state index in [1.807, 2.05) is 24.3 Å². The number of hydrogen-bond acceptors (Lipinski definition) is 4. The fourth-order valence-electron chi connectivity index (χ4n) is 6.30. The molecule has 0 bridgehead atoms. The molecule has 0 aliphatic heterocycles. The van der Waals surface area contributed by atoms with Crippen LogP contribution in [-0.2, 0) is 10.8 Å².